The van der Waals surface area contributed by atoms with Crippen LogP contribution in [0, 0.1) is 11.7 Å². The normalized spacial score (nSPS) is 19.1. The van der Waals surface area contributed by atoms with Crippen LogP contribution in [0.2, 0.25) is 0 Å². The van der Waals surface area contributed by atoms with Crippen molar-refractivity contribution >= 4 is 5.65 Å². The van der Waals surface area contributed by atoms with E-state index in [0.29, 0.717) is 10.6 Å². The van der Waals surface area contributed by atoms with E-state index in [4.69, 9.17) is 4.74 Å². The number of rotatable bonds is 4. The van der Waals surface area contributed by atoms with Gasteiger partial charge in [0.1, 0.15) is 5.65 Å². The van der Waals surface area contributed by atoms with Gasteiger partial charge in [-0.25, -0.2) is 18.2 Å². The Morgan fingerprint density at radius 3 is 2.53 bits per heavy atom. The Morgan fingerprint density at radius 1 is 1.30 bits per heavy atom. The third-order valence-electron chi connectivity index (χ3n) is 5.13. The molecule has 12 heteroatoms. The molecule has 0 aliphatic heterocycles. The first-order valence-electron chi connectivity index (χ1n) is 8.73. The number of ether oxygens (including phenoxy) is 1. The van der Waals surface area contributed by atoms with Crippen LogP contribution in [0.3, 0.4) is 0 Å². The topological polar surface area (TPSA) is 61.4 Å². The Kier molecular flexibility index (Phi) is 4.37. The second-order valence-corrected chi connectivity index (χ2v) is 7.08. The molecule has 1 unspecified atom stereocenters. The smallest absolute Gasteiger partial charge is 0.434 e. The number of halogens is 6. The third-order valence-corrected chi connectivity index (χ3v) is 5.13. The predicted molar refractivity (Wildman–Crippen MR) is 92.0 cm³/mol. The molecule has 3 heterocycles. The summed E-state index contributed by atoms with van der Waals surface area (Å²) in [5.41, 5.74) is -4.26. The first kappa shape index (κ1) is 20.2. The van der Waals surface area contributed by atoms with Gasteiger partial charge in [0.2, 0.25) is 0 Å². The van der Waals surface area contributed by atoms with Crippen LogP contribution in [-0.2, 0) is 6.18 Å². The monoisotopic (exact) mass is 432 g/mol. The van der Waals surface area contributed by atoms with Gasteiger partial charge in [0, 0.05) is 24.2 Å². The molecule has 0 bridgehead atoms. The van der Waals surface area contributed by atoms with Crippen molar-refractivity contribution in [1.29, 1.82) is 0 Å². The second-order valence-electron chi connectivity index (χ2n) is 7.08. The minimum absolute atomic E-state index is 0.263. The largest absolute Gasteiger partial charge is 0.493 e. The summed E-state index contributed by atoms with van der Waals surface area (Å²) in [6.45, 7) is 1.46. The Hall–Kier alpha value is -3.05. The highest BCUT2D eigenvalue weighted by atomic mass is 19.4. The number of pyridine rings is 1. The molecule has 1 aliphatic rings. The van der Waals surface area contributed by atoms with Crippen LogP contribution in [-0.4, -0.2) is 32.2 Å². The number of hydrogen-bond donors (Lipinski definition) is 0. The molecule has 3 aromatic heterocycles. The lowest BCUT2D eigenvalue weighted by Crippen LogP contribution is -2.24. The standard InChI is InChI=1S/C18H14F6N4O2/c1-8(10-4-17(10,20)21)28-6-9(5-25-28)14-15(18(22,23)24)26-13-3-12(30-2)11(19)7-27(13)16(14)29/h3,5-8,10H,4H2,1-2H3/t8?,10-/m1/s1. The quantitative estimate of drug-likeness (QED) is 0.586. The number of methoxy groups -OCH3 is 1. The fourth-order valence-electron chi connectivity index (χ4n) is 3.39. The maximum Gasteiger partial charge on any atom is 0.434 e. The number of aromatic nitrogens is 4. The highest BCUT2D eigenvalue weighted by Gasteiger charge is 2.60. The summed E-state index contributed by atoms with van der Waals surface area (Å²) in [4.78, 5) is 16.3. The fraction of sp³-hybridized carbons (Fsp3) is 0.389. The summed E-state index contributed by atoms with van der Waals surface area (Å²) in [5, 5.41) is 3.85. The fourth-order valence-corrected chi connectivity index (χ4v) is 3.39. The Bertz CT molecular complexity index is 1200. The molecular formula is C18H14F6N4O2. The van der Waals surface area contributed by atoms with Crippen molar-refractivity contribution in [2.24, 2.45) is 5.92 Å². The molecule has 6 nitrogen and oxygen atoms in total. The zero-order valence-electron chi connectivity index (χ0n) is 15.5. The van der Waals surface area contributed by atoms with Gasteiger partial charge in [-0.1, -0.05) is 0 Å². The molecule has 0 saturated heterocycles. The minimum Gasteiger partial charge on any atom is -0.493 e. The maximum atomic E-state index is 14.0. The van der Waals surface area contributed by atoms with Crippen LogP contribution in [0.1, 0.15) is 25.1 Å². The SMILES string of the molecule is COc1cc2nc(C(F)(F)F)c(-c3cnn(C(C)[C@H]4CC4(F)F)c3)c(=O)n2cc1F. The van der Waals surface area contributed by atoms with Gasteiger partial charge in [-0.15, -0.1) is 0 Å². The van der Waals surface area contributed by atoms with E-state index >= 15 is 0 Å². The van der Waals surface area contributed by atoms with E-state index in [1.54, 1.807) is 0 Å². The van der Waals surface area contributed by atoms with Crippen molar-refractivity contribution in [3.8, 4) is 16.9 Å². The highest BCUT2D eigenvalue weighted by Crippen LogP contribution is 2.54. The van der Waals surface area contributed by atoms with E-state index in [0.717, 1.165) is 30.3 Å². The molecular weight excluding hydrogens is 418 g/mol. The first-order chi connectivity index (χ1) is 13.9. The van der Waals surface area contributed by atoms with Gasteiger partial charge in [-0.05, 0) is 6.92 Å². The highest BCUT2D eigenvalue weighted by molar-refractivity contribution is 5.66. The second kappa shape index (κ2) is 6.47. The zero-order valence-corrected chi connectivity index (χ0v) is 15.5. The number of fused-ring (bicyclic) bond motifs is 1. The van der Waals surface area contributed by atoms with Gasteiger partial charge in [-0.3, -0.25) is 13.9 Å². The average Bonchev–Trinajstić information content (AvgIpc) is 3.07. The summed E-state index contributed by atoms with van der Waals surface area (Å²) >= 11 is 0. The summed E-state index contributed by atoms with van der Waals surface area (Å²) in [7, 11) is 1.12. The molecule has 0 radical (unpaired) electrons. The lowest BCUT2D eigenvalue weighted by atomic mass is 10.1. The molecule has 160 valence electrons. The van der Waals surface area contributed by atoms with Gasteiger partial charge < -0.3 is 4.74 Å². The van der Waals surface area contributed by atoms with E-state index in [-0.39, 0.29) is 17.7 Å². The minimum atomic E-state index is -5.01. The predicted octanol–water partition coefficient (Wildman–Crippen LogP) is 3.94. The average molecular weight is 432 g/mol. The molecule has 30 heavy (non-hydrogen) atoms. The van der Waals surface area contributed by atoms with E-state index < -0.39 is 52.3 Å². The van der Waals surface area contributed by atoms with Crippen LogP contribution in [0.25, 0.3) is 16.8 Å². The van der Waals surface area contributed by atoms with Crippen LogP contribution in [0.15, 0.2) is 29.5 Å². The zero-order chi connectivity index (χ0) is 22.0. The number of alkyl halides is 5. The van der Waals surface area contributed by atoms with E-state index in [1.807, 2.05) is 0 Å². The van der Waals surface area contributed by atoms with Crippen molar-refractivity contribution < 1.29 is 31.1 Å². The molecule has 2 atom stereocenters. The molecule has 1 aliphatic carbocycles. The van der Waals surface area contributed by atoms with Crippen LogP contribution in [0.4, 0.5) is 26.3 Å². The summed E-state index contributed by atoms with van der Waals surface area (Å²) < 4.78 is 88.1. The van der Waals surface area contributed by atoms with Crippen molar-refractivity contribution in [3.05, 3.63) is 46.5 Å². The van der Waals surface area contributed by atoms with Gasteiger partial charge in [0.05, 0.1) is 37.0 Å². The lowest BCUT2D eigenvalue weighted by molar-refractivity contribution is -0.140. The molecule has 3 aromatic rings. The van der Waals surface area contributed by atoms with Crippen LogP contribution in [0.5, 0.6) is 5.75 Å². The van der Waals surface area contributed by atoms with E-state index in [9.17, 15) is 31.1 Å². The molecule has 0 aromatic carbocycles. The van der Waals surface area contributed by atoms with E-state index in [2.05, 4.69) is 10.1 Å². The molecule has 0 N–H and O–H groups in total. The first-order valence-corrected chi connectivity index (χ1v) is 8.73. The number of hydrogen-bond acceptors (Lipinski definition) is 4. The molecule has 1 fully saturated rings. The van der Waals surface area contributed by atoms with Gasteiger partial charge >= 0.3 is 6.18 Å². The number of nitrogens with zero attached hydrogens (tertiary/aromatic N) is 4. The Labute approximate surface area is 164 Å². The van der Waals surface area contributed by atoms with Crippen LogP contribution >= 0.6 is 0 Å². The summed E-state index contributed by atoms with van der Waals surface area (Å²) in [5.74, 6) is -5.21. The molecule has 1 saturated carbocycles. The van der Waals surface area contributed by atoms with Gasteiger partial charge in [-0.2, -0.15) is 18.3 Å². The van der Waals surface area contributed by atoms with E-state index in [1.165, 1.54) is 6.92 Å². The third kappa shape index (κ3) is 3.19. The maximum absolute atomic E-state index is 14.0. The van der Waals surface area contributed by atoms with Crippen LogP contribution < -0.4 is 10.3 Å². The Morgan fingerprint density at radius 2 is 1.97 bits per heavy atom. The Balaban J connectivity index is 1.90. The summed E-state index contributed by atoms with van der Waals surface area (Å²) in [6, 6.07) is 0.0807. The van der Waals surface area contributed by atoms with Crippen molar-refractivity contribution in [1.82, 2.24) is 19.2 Å². The van der Waals surface area contributed by atoms with Crippen molar-refractivity contribution in [2.75, 3.05) is 7.11 Å². The van der Waals surface area contributed by atoms with Crippen molar-refractivity contribution in [3.63, 3.8) is 0 Å². The van der Waals surface area contributed by atoms with Crippen molar-refractivity contribution in [2.45, 2.75) is 31.5 Å². The van der Waals surface area contributed by atoms with Gasteiger partial charge in [0.25, 0.3) is 11.5 Å². The lowest BCUT2D eigenvalue weighted by Gasteiger charge is -2.14. The molecule has 0 amide bonds. The van der Waals surface area contributed by atoms with Gasteiger partial charge in [0.15, 0.2) is 17.3 Å². The summed E-state index contributed by atoms with van der Waals surface area (Å²) in [6.07, 6.45) is -2.64. The molecule has 4 rings (SSSR count). The molecule has 0 spiro atoms.